The quantitative estimate of drug-likeness (QED) is 0.700. The van der Waals surface area contributed by atoms with Crippen molar-refractivity contribution in [3.05, 3.63) is 24.3 Å². The van der Waals surface area contributed by atoms with E-state index in [-0.39, 0.29) is 0 Å². The summed E-state index contributed by atoms with van der Waals surface area (Å²) in [6.45, 7) is 2.09. The van der Waals surface area contributed by atoms with Gasteiger partial charge in [0.05, 0.1) is 11.9 Å². The summed E-state index contributed by atoms with van der Waals surface area (Å²) < 4.78 is 12.7. The van der Waals surface area contributed by atoms with Crippen LogP contribution in [0.3, 0.4) is 0 Å². The SMILES string of the molecule is Fc1ccc(N2CC[C@H]3C[C@@H]2CN3)cn1. The van der Waals surface area contributed by atoms with E-state index >= 15 is 0 Å². The summed E-state index contributed by atoms with van der Waals surface area (Å²) in [5.41, 5.74) is 1.04. The zero-order valence-electron chi connectivity index (χ0n) is 8.49. The summed E-state index contributed by atoms with van der Waals surface area (Å²) in [6.07, 6.45) is 4.01. The highest BCUT2D eigenvalue weighted by atomic mass is 19.1. The highest BCUT2D eigenvalue weighted by molar-refractivity contribution is 5.46. The number of hydrogen-bond acceptors (Lipinski definition) is 3. The lowest BCUT2D eigenvalue weighted by Gasteiger charge is -2.34. The lowest BCUT2D eigenvalue weighted by molar-refractivity contribution is 0.489. The van der Waals surface area contributed by atoms with Gasteiger partial charge in [-0.2, -0.15) is 4.39 Å². The number of aromatic nitrogens is 1. The van der Waals surface area contributed by atoms with Gasteiger partial charge in [-0.05, 0) is 25.0 Å². The van der Waals surface area contributed by atoms with Crippen LogP contribution in [0.25, 0.3) is 0 Å². The van der Waals surface area contributed by atoms with E-state index in [0.717, 1.165) is 18.8 Å². The second-order valence-electron chi connectivity index (χ2n) is 4.32. The third-order valence-corrected chi connectivity index (χ3v) is 3.40. The molecular weight excluding hydrogens is 193 g/mol. The molecule has 2 aliphatic heterocycles. The molecule has 4 heteroatoms. The monoisotopic (exact) mass is 207 g/mol. The van der Waals surface area contributed by atoms with E-state index in [4.69, 9.17) is 0 Å². The summed E-state index contributed by atoms with van der Waals surface area (Å²) in [7, 11) is 0. The second kappa shape index (κ2) is 3.45. The number of pyridine rings is 1. The first-order valence-corrected chi connectivity index (χ1v) is 5.44. The zero-order valence-corrected chi connectivity index (χ0v) is 8.49. The molecule has 2 aliphatic rings. The van der Waals surface area contributed by atoms with E-state index in [1.807, 2.05) is 6.07 Å². The van der Waals surface area contributed by atoms with Crippen LogP contribution in [0, 0.1) is 5.95 Å². The van der Waals surface area contributed by atoms with Gasteiger partial charge in [0, 0.05) is 25.2 Å². The van der Waals surface area contributed by atoms with E-state index in [2.05, 4.69) is 15.2 Å². The molecule has 1 aromatic heterocycles. The van der Waals surface area contributed by atoms with Crippen LogP contribution in [-0.4, -0.2) is 30.2 Å². The van der Waals surface area contributed by atoms with Gasteiger partial charge >= 0.3 is 0 Å². The van der Waals surface area contributed by atoms with Crippen molar-refractivity contribution in [2.24, 2.45) is 0 Å². The van der Waals surface area contributed by atoms with Crippen LogP contribution in [0.15, 0.2) is 18.3 Å². The summed E-state index contributed by atoms with van der Waals surface area (Å²) in [5.74, 6) is -0.404. The Kier molecular flexibility index (Phi) is 2.09. The number of halogens is 1. The van der Waals surface area contributed by atoms with Crippen molar-refractivity contribution in [3.8, 4) is 0 Å². The van der Waals surface area contributed by atoms with E-state index in [9.17, 15) is 4.39 Å². The molecule has 2 saturated heterocycles. The maximum atomic E-state index is 12.7. The average Bonchev–Trinajstić information content (AvgIpc) is 2.63. The normalized spacial score (nSPS) is 29.5. The molecule has 0 spiro atoms. The number of fused-ring (bicyclic) bond motifs is 2. The predicted octanol–water partition coefficient (Wildman–Crippen LogP) is 1.16. The summed E-state index contributed by atoms with van der Waals surface area (Å²) in [5, 5.41) is 3.49. The minimum absolute atomic E-state index is 0.404. The first-order chi connectivity index (χ1) is 7.33. The first kappa shape index (κ1) is 9.09. The van der Waals surface area contributed by atoms with Gasteiger partial charge in [-0.3, -0.25) is 0 Å². The Hall–Kier alpha value is -1.16. The van der Waals surface area contributed by atoms with Gasteiger partial charge in [0.25, 0.3) is 0 Å². The lowest BCUT2D eigenvalue weighted by Crippen LogP contribution is -2.40. The van der Waals surface area contributed by atoms with Gasteiger partial charge in [0.1, 0.15) is 0 Å². The number of anilines is 1. The number of piperidine rings is 1. The number of nitrogens with zero attached hydrogens (tertiary/aromatic N) is 2. The van der Waals surface area contributed by atoms with Crippen LogP contribution in [0.1, 0.15) is 12.8 Å². The van der Waals surface area contributed by atoms with Crippen LogP contribution in [0.5, 0.6) is 0 Å². The molecule has 15 heavy (non-hydrogen) atoms. The minimum atomic E-state index is -0.404. The van der Waals surface area contributed by atoms with Crippen LogP contribution >= 0.6 is 0 Å². The van der Waals surface area contributed by atoms with Gasteiger partial charge in [0.15, 0.2) is 0 Å². The molecule has 2 bridgehead atoms. The molecule has 2 fully saturated rings. The van der Waals surface area contributed by atoms with Crippen molar-refractivity contribution in [1.82, 2.24) is 10.3 Å². The number of rotatable bonds is 1. The predicted molar refractivity (Wildman–Crippen MR) is 56.4 cm³/mol. The fourth-order valence-corrected chi connectivity index (χ4v) is 2.61. The lowest BCUT2D eigenvalue weighted by atomic mass is 10.0. The Balaban J connectivity index is 1.84. The molecule has 0 saturated carbocycles. The minimum Gasteiger partial charge on any atom is -0.366 e. The van der Waals surface area contributed by atoms with Crippen LogP contribution in [0.2, 0.25) is 0 Å². The van der Waals surface area contributed by atoms with Crippen LogP contribution in [-0.2, 0) is 0 Å². The van der Waals surface area contributed by atoms with Crippen molar-refractivity contribution >= 4 is 5.69 Å². The Labute approximate surface area is 88.3 Å². The Morgan fingerprint density at radius 1 is 1.47 bits per heavy atom. The Bertz CT molecular complexity index is 351. The largest absolute Gasteiger partial charge is 0.366 e. The smallest absolute Gasteiger partial charge is 0.212 e. The van der Waals surface area contributed by atoms with Gasteiger partial charge < -0.3 is 10.2 Å². The molecule has 0 amide bonds. The van der Waals surface area contributed by atoms with Gasteiger partial charge in [-0.25, -0.2) is 4.98 Å². The average molecular weight is 207 g/mol. The van der Waals surface area contributed by atoms with E-state index < -0.39 is 5.95 Å². The first-order valence-electron chi connectivity index (χ1n) is 5.44. The summed E-state index contributed by atoms with van der Waals surface area (Å²) in [6, 6.07) is 4.51. The fourth-order valence-electron chi connectivity index (χ4n) is 2.61. The highest BCUT2D eigenvalue weighted by Crippen LogP contribution is 2.27. The molecule has 0 radical (unpaired) electrons. The fraction of sp³-hybridized carbons (Fsp3) is 0.545. The van der Waals surface area contributed by atoms with E-state index in [1.165, 1.54) is 18.9 Å². The third kappa shape index (κ3) is 1.59. The summed E-state index contributed by atoms with van der Waals surface area (Å²) in [4.78, 5) is 6.04. The molecule has 3 heterocycles. The van der Waals surface area contributed by atoms with Crippen LogP contribution < -0.4 is 10.2 Å². The van der Waals surface area contributed by atoms with Crippen molar-refractivity contribution in [2.75, 3.05) is 18.0 Å². The molecule has 2 atom stereocenters. The molecule has 3 rings (SSSR count). The van der Waals surface area contributed by atoms with Gasteiger partial charge in [0.2, 0.25) is 5.95 Å². The molecule has 1 N–H and O–H groups in total. The third-order valence-electron chi connectivity index (χ3n) is 3.40. The molecule has 3 nitrogen and oxygen atoms in total. The Morgan fingerprint density at radius 2 is 2.40 bits per heavy atom. The molecule has 80 valence electrons. The zero-order chi connectivity index (χ0) is 10.3. The molecule has 0 aliphatic carbocycles. The van der Waals surface area contributed by atoms with E-state index in [0.29, 0.717) is 12.1 Å². The van der Waals surface area contributed by atoms with Crippen molar-refractivity contribution < 1.29 is 4.39 Å². The molecule has 0 aromatic carbocycles. The van der Waals surface area contributed by atoms with Crippen molar-refractivity contribution in [3.63, 3.8) is 0 Å². The van der Waals surface area contributed by atoms with Gasteiger partial charge in [-0.1, -0.05) is 0 Å². The highest BCUT2D eigenvalue weighted by Gasteiger charge is 2.33. The standard InChI is InChI=1S/C11H14FN3/c12-11-2-1-9(6-14-11)15-4-3-8-5-10(15)7-13-8/h1-2,6,8,10,13H,3-5,7H2/t8-,10+/m0/s1. The maximum absolute atomic E-state index is 12.7. The van der Waals surface area contributed by atoms with Crippen LogP contribution in [0.4, 0.5) is 10.1 Å². The molecular formula is C11H14FN3. The topological polar surface area (TPSA) is 28.2 Å². The van der Waals surface area contributed by atoms with Crippen molar-refractivity contribution in [1.29, 1.82) is 0 Å². The number of hydrogen-bond donors (Lipinski definition) is 1. The van der Waals surface area contributed by atoms with Crippen molar-refractivity contribution in [2.45, 2.75) is 24.9 Å². The second-order valence-corrected chi connectivity index (χ2v) is 4.32. The number of nitrogens with one attached hydrogen (secondary N) is 1. The Morgan fingerprint density at radius 3 is 3.20 bits per heavy atom. The molecule has 1 aromatic rings. The van der Waals surface area contributed by atoms with Gasteiger partial charge in [-0.15, -0.1) is 0 Å². The summed E-state index contributed by atoms with van der Waals surface area (Å²) >= 11 is 0. The molecule has 0 unspecified atom stereocenters. The van der Waals surface area contributed by atoms with E-state index in [1.54, 1.807) is 6.20 Å². The maximum Gasteiger partial charge on any atom is 0.212 e.